The molecule has 130 valence electrons. The van der Waals surface area contributed by atoms with Crippen molar-refractivity contribution in [1.29, 1.82) is 0 Å². The zero-order valence-electron chi connectivity index (χ0n) is 13.9. The molecular weight excluding hydrogens is 322 g/mol. The van der Waals surface area contributed by atoms with E-state index in [0.717, 1.165) is 5.56 Å². The van der Waals surface area contributed by atoms with Crippen LogP contribution in [0.25, 0.3) is 0 Å². The minimum atomic E-state index is -0.525. The summed E-state index contributed by atoms with van der Waals surface area (Å²) in [5.74, 6) is 0.472. The van der Waals surface area contributed by atoms with Crippen LogP contribution in [0.1, 0.15) is 28.9 Å². The van der Waals surface area contributed by atoms with Crippen molar-refractivity contribution in [2.75, 3.05) is 19.8 Å². The molecule has 0 unspecified atom stereocenters. The molecule has 0 fully saturated rings. The summed E-state index contributed by atoms with van der Waals surface area (Å²) in [5.41, 5.74) is 1.29. The van der Waals surface area contributed by atoms with Crippen molar-refractivity contribution in [3.05, 3.63) is 59.7 Å². The zero-order chi connectivity index (χ0) is 17.6. The molecule has 0 spiro atoms. The SMILES string of the molecule is C[C@H](NC(=O)COC(=O)c1ccccc1)c1ccc2c(c1)OCCO2. The van der Waals surface area contributed by atoms with Crippen LogP contribution in [0.2, 0.25) is 0 Å². The van der Waals surface area contributed by atoms with Gasteiger partial charge in [0.1, 0.15) is 13.2 Å². The molecule has 0 bridgehead atoms. The van der Waals surface area contributed by atoms with Gasteiger partial charge in [-0.25, -0.2) is 4.79 Å². The van der Waals surface area contributed by atoms with E-state index >= 15 is 0 Å². The van der Waals surface area contributed by atoms with Gasteiger partial charge in [0.15, 0.2) is 18.1 Å². The van der Waals surface area contributed by atoms with Crippen LogP contribution >= 0.6 is 0 Å². The normalized spacial score (nSPS) is 13.6. The Labute approximate surface area is 145 Å². The first kappa shape index (κ1) is 16.8. The maximum atomic E-state index is 12.0. The summed E-state index contributed by atoms with van der Waals surface area (Å²) < 4.78 is 16.0. The molecule has 0 saturated heterocycles. The van der Waals surface area contributed by atoms with Crippen molar-refractivity contribution >= 4 is 11.9 Å². The van der Waals surface area contributed by atoms with Crippen molar-refractivity contribution in [3.8, 4) is 11.5 Å². The van der Waals surface area contributed by atoms with Gasteiger partial charge in [-0.15, -0.1) is 0 Å². The standard InChI is InChI=1S/C19H19NO5/c1-13(15-7-8-16-17(11-15)24-10-9-23-16)20-18(21)12-25-19(22)14-5-3-2-4-6-14/h2-8,11,13H,9-10,12H2,1H3,(H,20,21)/t13-/m0/s1. The highest BCUT2D eigenvalue weighted by Gasteiger charge is 2.16. The third-order valence-corrected chi connectivity index (χ3v) is 3.79. The number of amides is 1. The Morgan fingerprint density at radius 2 is 1.80 bits per heavy atom. The molecule has 0 aromatic heterocycles. The topological polar surface area (TPSA) is 73.9 Å². The van der Waals surface area contributed by atoms with Crippen molar-refractivity contribution in [2.45, 2.75) is 13.0 Å². The lowest BCUT2D eigenvalue weighted by Gasteiger charge is -2.21. The molecular formula is C19H19NO5. The number of carbonyl (C=O) groups excluding carboxylic acids is 2. The van der Waals surface area contributed by atoms with Crippen LogP contribution in [0.5, 0.6) is 11.5 Å². The van der Waals surface area contributed by atoms with Gasteiger partial charge in [-0.2, -0.15) is 0 Å². The fourth-order valence-electron chi connectivity index (χ4n) is 2.48. The van der Waals surface area contributed by atoms with Crippen LogP contribution < -0.4 is 14.8 Å². The molecule has 1 amide bonds. The van der Waals surface area contributed by atoms with Gasteiger partial charge in [0.25, 0.3) is 5.91 Å². The summed E-state index contributed by atoms with van der Waals surface area (Å²) in [7, 11) is 0. The third kappa shape index (κ3) is 4.29. The monoisotopic (exact) mass is 341 g/mol. The van der Waals surface area contributed by atoms with Gasteiger partial charge in [-0.05, 0) is 36.8 Å². The quantitative estimate of drug-likeness (QED) is 0.846. The van der Waals surface area contributed by atoms with Gasteiger partial charge in [-0.3, -0.25) is 4.79 Å². The van der Waals surface area contributed by atoms with Crippen LogP contribution in [0.15, 0.2) is 48.5 Å². The lowest BCUT2D eigenvalue weighted by Crippen LogP contribution is -2.31. The highest BCUT2D eigenvalue weighted by molar-refractivity contribution is 5.91. The van der Waals surface area contributed by atoms with Crippen molar-refractivity contribution in [3.63, 3.8) is 0 Å². The highest BCUT2D eigenvalue weighted by Crippen LogP contribution is 2.32. The maximum absolute atomic E-state index is 12.0. The molecule has 1 aliphatic heterocycles. The van der Waals surface area contributed by atoms with E-state index in [1.165, 1.54) is 0 Å². The second kappa shape index (κ2) is 7.70. The molecule has 1 aliphatic rings. The molecule has 1 heterocycles. The maximum Gasteiger partial charge on any atom is 0.338 e. The Kier molecular flexibility index (Phi) is 5.18. The second-order valence-electron chi connectivity index (χ2n) is 5.63. The number of hydrogen-bond donors (Lipinski definition) is 1. The largest absolute Gasteiger partial charge is 0.486 e. The molecule has 2 aromatic rings. The number of hydrogen-bond acceptors (Lipinski definition) is 5. The first-order valence-electron chi connectivity index (χ1n) is 8.04. The van der Waals surface area contributed by atoms with Crippen LogP contribution in [0.3, 0.4) is 0 Å². The minimum Gasteiger partial charge on any atom is -0.486 e. The summed E-state index contributed by atoms with van der Waals surface area (Å²) in [6.45, 7) is 2.56. The van der Waals surface area contributed by atoms with E-state index in [-0.39, 0.29) is 18.6 Å². The molecule has 0 radical (unpaired) electrons. The zero-order valence-corrected chi connectivity index (χ0v) is 13.9. The van der Waals surface area contributed by atoms with Crippen LogP contribution in [-0.2, 0) is 9.53 Å². The molecule has 3 rings (SSSR count). The number of fused-ring (bicyclic) bond motifs is 1. The third-order valence-electron chi connectivity index (χ3n) is 3.79. The Bertz CT molecular complexity index is 760. The fourth-order valence-corrected chi connectivity index (χ4v) is 2.48. The van der Waals surface area contributed by atoms with Crippen molar-refractivity contribution in [1.82, 2.24) is 5.32 Å². The lowest BCUT2D eigenvalue weighted by molar-refractivity contribution is -0.124. The average Bonchev–Trinajstić information content (AvgIpc) is 2.66. The molecule has 0 aliphatic carbocycles. The molecule has 1 N–H and O–H groups in total. The van der Waals surface area contributed by atoms with E-state index in [1.54, 1.807) is 30.3 Å². The minimum absolute atomic E-state index is 0.251. The van der Waals surface area contributed by atoms with Gasteiger partial charge in [0, 0.05) is 0 Å². The van der Waals surface area contributed by atoms with Gasteiger partial charge in [-0.1, -0.05) is 24.3 Å². The van der Waals surface area contributed by atoms with Crippen LogP contribution in [0.4, 0.5) is 0 Å². The van der Waals surface area contributed by atoms with E-state index in [9.17, 15) is 9.59 Å². The van der Waals surface area contributed by atoms with Gasteiger partial charge >= 0.3 is 5.97 Å². The number of rotatable bonds is 5. The van der Waals surface area contributed by atoms with Gasteiger partial charge in [0.2, 0.25) is 0 Å². The van der Waals surface area contributed by atoms with E-state index in [1.807, 2.05) is 25.1 Å². The van der Waals surface area contributed by atoms with Gasteiger partial charge in [0.05, 0.1) is 11.6 Å². The predicted molar refractivity (Wildman–Crippen MR) is 90.7 cm³/mol. The van der Waals surface area contributed by atoms with E-state index < -0.39 is 5.97 Å². The van der Waals surface area contributed by atoms with E-state index in [4.69, 9.17) is 14.2 Å². The average molecular weight is 341 g/mol. The summed E-state index contributed by atoms with van der Waals surface area (Å²) in [4.78, 5) is 23.8. The fraction of sp³-hybridized carbons (Fsp3) is 0.263. The summed E-state index contributed by atoms with van der Waals surface area (Å²) in [6.07, 6.45) is 0. The smallest absolute Gasteiger partial charge is 0.338 e. The molecule has 0 saturated carbocycles. The number of esters is 1. The first-order valence-corrected chi connectivity index (χ1v) is 8.04. The highest BCUT2D eigenvalue weighted by atomic mass is 16.6. The summed E-state index contributed by atoms with van der Waals surface area (Å²) >= 11 is 0. The summed E-state index contributed by atoms with van der Waals surface area (Å²) in [5, 5.41) is 2.80. The first-order chi connectivity index (χ1) is 12.1. The molecule has 2 aromatic carbocycles. The molecule has 6 nitrogen and oxygen atoms in total. The Balaban J connectivity index is 1.53. The van der Waals surface area contributed by atoms with Crippen molar-refractivity contribution in [2.24, 2.45) is 0 Å². The Morgan fingerprint density at radius 1 is 1.08 bits per heavy atom. The van der Waals surface area contributed by atoms with Crippen molar-refractivity contribution < 1.29 is 23.8 Å². The molecule has 6 heteroatoms. The Hall–Kier alpha value is -3.02. The number of carbonyl (C=O) groups is 2. The molecule has 1 atom stereocenters. The van der Waals surface area contributed by atoms with E-state index in [0.29, 0.717) is 30.3 Å². The number of nitrogens with one attached hydrogen (secondary N) is 1. The lowest BCUT2D eigenvalue weighted by atomic mass is 10.1. The van der Waals surface area contributed by atoms with Crippen LogP contribution in [-0.4, -0.2) is 31.7 Å². The van der Waals surface area contributed by atoms with Crippen LogP contribution in [0, 0.1) is 0 Å². The Morgan fingerprint density at radius 3 is 2.56 bits per heavy atom. The second-order valence-corrected chi connectivity index (χ2v) is 5.63. The van der Waals surface area contributed by atoms with Gasteiger partial charge < -0.3 is 19.5 Å². The summed E-state index contributed by atoms with van der Waals surface area (Å²) in [6, 6.07) is 13.8. The molecule has 25 heavy (non-hydrogen) atoms. The number of ether oxygens (including phenoxy) is 3. The number of benzene rings is 2. The van der Waals surface area contributed by atoms with E-state index in [2.05, 4.69) is 5.32 Å². The predicted octanol–water partition coefficient (Wildman–Crippen LogP) is 2.49.